The predicted octanol–water partition coefficient (Wildman–Crippen LogP) is 5.26. The van der Waals surface area contributed by atoms with Crippen LogP contribution in [0.4, 0.5) is 8.78 Å². The monoisotopic (exact) mass is 314 g/mol. The summed E-state index contributed by atoms with van der Waals surface area (Å²) in [5, 5.41) is 0.373. The summed E-state index contributed by atoms with van der Waals surface area (Å²) in [6.07, 6.45) is -0.398. The maximum atomic E-state index is 14.0. The van der Waals surface area contributed by atoms with Crippen molar-refractivity contribution in [1.29, 1.82) is 0 Å². The molecule has 1 nitrogen and oxygen atoms in total. The Labute approximate surface area is 125 Å². The van der Waals surface area contributed by atoms with Crippen molar-refractivity contribution in [3.8, 4) is 0 Å². The van der Waals surface area contributed by atoms with E-state index in [0.29, 0.717) is 16.1 Å². The van der Waals surface area contributed by atoms with Crippen LogP contribution < -0.4 is 0 Å². The van der Waals surface area contributed by atoms with E-state index in [1.165, 1.54) is 18.2 Å². The maximum Gasteiger partial charge on any atom is 0.142 e. The molecule has 1 fully saturated rings. The summed E-state index contributed by atoms with van der Waals surface area (Å²) in [5.41, 5.74) is 0.223. The lowest BCUT2D eigenvalue weighted by atomic mass is 9.93. The van der Waals surface area contributed by atoms with Gasteiger partial charge in [-0.2, -0.15) is 0 Å². The predicted molar refractivity (Wildman–Crippen MR) is 74.0 cm³/mol. The summed E-state index contributed by atoms with van der Waals surface area (Å²) in [4.78, 5) is 0. The summed E-state index contributed by atoms with van der Waals surface area (Å²) in [5.74, 6) is -0.949. The van der Waals surface area contributed by atoms with E-state index >= 15 is 0 Å². The molecule has 1 heterocycles. The highest BCUT2D eigenvalue weighted by Crippen LogP contribution is 2.57. The largest absolute Gasteiger partial charge is 0.356 e. The molecule has 0 bridgehead atoms. The van der Waals surface area contributed by atoms with Crippen molar-refractivity contribution < 1.29 is 13.5 Å². The molecule has 20 heavy (non-hydrogen) atoms. The Balaban J connectivity index is 1.94. The van der Waals surface area contributed by atoms with Gasteiger partial charge < -0.3 is 4.74 Å². The summed E-state index contributed by atoms with van der Waals surface area (Å²) in [6.45, 7) is 1.76. The number of benzene rings is 2. The quantitative estimate of drug-likeness (QED) is 0.689. The molecule has 2 aromatic carbocycles. The Morgan fingerprint density at radius 2 is 1.80 bits per heavy atom. The minimum atomic E-state index is -0.811. The fourth-order valence-electron chi connectivity index (χ4n) is 2.37. The van der Waals surface area contributed by atoms with E-state index in [1.807, 2.05) is 0 Å². The summed E-state index contributed by atoms with van der Waals surface area (Å²) >= 11 is 11.4. The Bertz CT molecular complexity index is 690. The highest BCUT2D eigenvalue weighted by molar-refractivity contribution is 6.30. The van der Waals surface area contributed by atoms with Gasteiger partial charge in [0.2, 0.25) is 0 Å². The van der Waals surface area contributed by atoms with Crippen LogP contribution in [0.15, 0.2) is 36.4 Å². The van der Waals surface area contributed by atoms with E-state index in [9.17, 15) is 8.78 Å². The Morgan fingerprint density at radius 3 is 2.45 bits per heavy atom. The second-order valence-corrected chi connectivity index (χ2v) is 5.75. The van der Waals surface area contributed by atoms with E-state index in [1.54, 1.807) is 25.1 Å². The molecular formula is C15H10Cl2F2O. The number of hydrogen-bond acceptors (Lipinski definition) is 1. The first kappa shape index (κ1) is 13.8. The fraction of sp³-hybridized carbons (Fsp3) is 0.200. The average Bonchev–Trinajstić information content (AvgIpc) is 3.06. The standard InChI is InChI=1S/C15H10Cl2F2O/c1-15(10-4-3-9(16)7-12(10)18)14(20-15)8-2-5-11(17)13(19)6-8/h2-7,14H,1H3/t14-,15-/m1/s1. The molecule has 0 radical (unpaired) electrons. The van der Waals surface area contributed by atoms with Gasteiger partial charge in [-0.1, -0.05) is 35.3 Å². The molecule has 0 aromatic heterocycles. The summed E-state index contributed by atoms with van der Waals surface area (Å²) in [7, 11) is 0. The molecule has 0 saturated carbocycles. The third-order valence-corrected chi connectivity index (χ3v) is 4.06. The lowest BCUT2D eigenvalue weighted by Gasteiger charge is -2.09. The molecular weight excluding hydrogens is 305 g/mol. The molecule has 3 rings (SSSR count). The molecule has 1 aliphatic rings. The molecule has 2 aromatic rings. The van der Waals surface area contributed by atoms with Crippen LogP contribution >= 0.6 is 23.2 Å². The Hall–Kier alpha value is -1.16. The smallest absolute Gasteiger partial charge is 0.142 e. The van der Waals surface area contributed by atoms with Gasteiger partial charge in [-0.15, -0.1) is 0 Å². The molecule has 0 amide bonds. The zero-order chi connectivity index (χ0) is 14.5. The zero-order valence-corrected chi connectivity index (χ0v) is 12.0. The number of halogens is 4. The lowest BCUT2D eigenvalue weighted by molar-refractivity contribution is 0.307. The van der Waals surface area contributed by atoms with E-state index in [-0.39, 0.29) is 5.02 Å². The van der Waals surface area contributed by atoms with Gasteiger partial charge in [0.1, 0.15) is 23.3 Å². The third-order valence-electron chi connectivity index (χ3n) is 3.52. The van der Waals surface area contributed by atoms with Gasteiger partial charge in [-0.3, -0.25) is 0 Å². The van der Waals surface area contributed by atoms with Crippen molar-refractivity contribution in [2.75, 3.05) is 0 Å². The maximum absolute atomic E-state index is 14.0. The van der Waals surface area contributed by atoms with Crippen LogP contribution in [0.3, 0.4) is 0 Å². The van der Waals surface area contributed by atoms with Crippen LogP contribution in [0.1, 0.15) is 24.2 Å². The number of hydrogen-bond donors (Lipinski definition) is 0. The number of rotatable bonds is 2. The molecule has 104 valence electrons. The molecule has 0 aliphatic carbocycles. The first-order valence-corrected chi connectivity index (χ1v) is 6.76. The van der Waals surface area contributed by atoms with E-state index < -0.39 is 23.3 Å². The summed E-state index contributed by atoms with van der Waals surface area (Å²) in [6, 6.07) is 8.88. The van der Waals surface area contributed by atoms with Gasteiger partial charge in [-0.05, 0) is 36.8 Å². The molecule has 2 atom stereocenters. The Morgan fingerprint density at radius 1 is 1.05 bits per heavy atom. The second-order valence-electron chi connectivity index (χ2n) is 4.90. The average molecular weight is 315 g/mol. The molecule has 1 aliphatic heterocycles. The minimum Gasteiger partial charge on any atom is -0.356 e. The fourth-order valence-corrected chi connectivity index (χ4v) is 2.65. The SMILES string of the molecule is C[C@]1(c2ccc(Cl)cc2F)O[C@@H]1c1ccc(Cl)c(F)c1. The first-order valence-electron chi connectivity index (χ1n) is 6.00. The van der Waals surface area contributed by atoms with Crippen LogP contribution in [-0.4, -0.2) is 0 Å². The normalized spacial score (nSPS) is 24.8. The molecule has 0 N–H and O–H groups in total. The van der Waals surface area contributed by atoms with Crippen LogP contribution in [0, 0.1) is 11.6 Å². The van der Waals surface area contributed by atoms with Gasteiger partial charge in [0.15, 0.2) is 0 Å². The zero-order valence-electron chi connectivity index (χ0n) is 10.5. The van der Waals surface area contributed by atoms with Crippen molar-refractivity contribution in [1.82, 2.24) is 0 Å². The molecule has 0 spiro atoms. The number of epoxide rings is 1. The topological polar surface area (TPSA) is 12.5 Å². The lowest BCUT2D eigenvalue weighted by Crippen LogP contribution is -2.07. The van der Waals surface area contributed by atoms with Crippen molar-refractivity contribution >= 4 is 23.2 Å². The molecule has 5 heteroatoms. The van der Waals surface area contributed by atoms with Crippen molar-refractivity contribution in [2.24, 2.45) is 0 Å². The van der Waals surface area contributed by atoms with Gasteiger partial charge in [0, 0.05) is 10.6 Å². The van der Waals surface area contributed by atoms with Crippen molar-refractivity contribution in [2.45, 2.75) is 18.6 Å². The van der Waals surface area contributed by atoms with Crippen LogP contribution in [0.2, 0.25) is 10.0 Å². The van der Waals surface area contributed by atoms with E-state index in [2.05, 4.69) is 0 Å². The van der Waals surface area contributed by atoms with Crippen LogP contribution in [0.5, 0.6) is 0 Å². The van der Waals surface area contributed by atoms with Gasteiger partial charge >= 0.3 is 0 Å². The summed E-state index contributed by atoms with van der Waals surface area (Å²) < 4.78 is 33.0. The van der Waals surface area contributed by atoms with Crippen LogP contribution in [0.25, 0.3) is 0 Å². The van der Waals surface area contributed by atoms with E-state index in [0.717, 1.165) is 0 Å². The second kappa shape index (κ2) is 4.69. The van der Waals surface area contributed by atoms with Crippen molar-refractivity contribution in [3.05, 3.63) is 69.2 Å². The van der Waals surface area contributed by atoms with Gasteiger partial charge in [-0.25, -0.2) is 8.78 Å². The minimum absolute atomic E-state index is 0.0498. The highest BCUT2D eigenvalue weighted by atomic mass is 35.5. The third kappa shape index (κ3) is 2.20. The van der Waals surface area contributed by atoms with Gasteiger partial charge in [0.25, 0.3) is 0 Å². The van der Waals surface area contributed by atoms with Gasteiger partial charge in [0.05, 0.1) is 5.02 Å². The number of ether oxygens (including phenoxy) is 1. The van der Waals surface area contributed by atoms with Crippen molar-refractivity contribution in [3.63, 3.8) is 0 Å². The van der Waals surface area contributed by atoms with Crippen LogP contribution in [-0.2, 0) is 10.3 Å². The highest BCUT2D eigenvalue weighted by Gasteiger charge is 2.55. The first-order chi connectivity index (χ1) is 9.41. The Kier molecular flexibility index (Phi) is 3.24. The molecule has 1 saturated heterocycles. The van der Waals surface area contributed by atoms with E-state index in [4.69, 9.17) is 27.9 Å². The molecule has 0 unspecified atom stereocenters.